The normalized spacial score (nSPS) is 16.3. The minimum absolute atomic E-state index is 0.0184. The molecule has 1 atom stereocenters. The molecule has 2 aromatic rings. The Balaban J connectivity index is 2.05. The highest BCUT2D eigenvalue weighted by Gasteiger charge is 2.44. The number of benzene rings is 1. The van der Waals surface area contributed by atoms with Crippen LogP contribution in [0.1, 0.15) is 45.8 Å². The molecule has 3 rings (SSSR count). The molecule has 0 spiro atoms. The summed E-state index contributed by atoms with van der Waals surface area (Å²) in [5.41, 5.74) is 0.946. The van der Waals surface area contributed by atoms with Gasteiger partial charge in [-0.3, -0.25) is 19.7 Å². The molecule has 0 saturated carbocycles. The molecule has 9 nitrogen and oxygen atoms in total. The number of amides is 1. The first-order valence-electron chi connectivity index (χ1n) is 10.4. The second-order valence-electron chi connectivity index (χ2n) is 7.52. The van der Waals surface area contributed by atoms with Gasteiger partial charge in [0.1, 0.15) is 0 Å². The maximum absolute atomic E-state index is 13.4. The van der Waals surface area contributed by atoms with Crippen LogP contribution < -0.4 is 0 Å². The average Bonchev–Trinajstić information content (AvgIpc) is 3.24. The molecular formula is C22H26N4O5S. The Morgan fingerprint density at radius 3 is 2.38 bits per heavy atom. The zero-order valence-corrected chi connectivity index (χ0v) is 19.3. The van der Waals surface area contributed by atoms with Crippen molar-refractivity contribution in [2.24, 2.45) is 0 Å². The number of aromatic nitrogens is 1. The van der Waals surface area contributed by atoms with Gasteiger partial charge in [0, 0.05) is 25.2 Å². The summed E-state index contributed by atoms with van der Waals surface area (Å²) in [6, 6.07) is 4.88. The second-order valence-corrected chi connectivity index (χ2v) is 8.72. The number of aliphatic hydroxyl groups is 1. The topological polar surface area (TPSA) is 117 Å². The Bertz CT molecular complexity index is 1070. The largest absolute Gasteiger partial charge is 0.503 e. The first kappa shape index (κ1) is 23.6. The monoisotopic (exact) mass is 458 g/mol. The first-order chi connectivity index (χ1) is 15.2. The summed E-state index contributed by atoms with van der Waals surface area (Å²) in [5.74, 6) is -1.65. The van der Waals surface area contributed by atoms with Crippen molar-refractivity contribution in [3.05, 3.63) is 66.9 Å². The van der Waals surface area contributed by atoms with E-state index in [-0.39, 0.29) is 11.3 Å². The predicted molar refractivity (Wildman–Crippen MR) is 121 cm³/mol. The van der Waals surface area contributed by atoms with Gasteiger partial charge in [-0.2, -0.15) is 0 Å². The summed E-state index contributed by atoms with van der Waals surface area (Å²) in [6.07, 6.45) is 0. The Kier molecular flexibility index (Phi) is 7.05. The SMILES string of the molecule is CCN(CC)CCN1C(=O)C(O)=C(C(=O)c2sc(C)nc2C)[C@@H]1c1ccc([N+](=O)[O-])cc1. The number of ketones is 1. The van der Waals surface area contributed by atoms with Crippen molar-refractivity contribution in [3.8, 4) is 0 Å². The fraction of sp³-hybridized carbons (Fsp3) is 0.409. The molecule has 0 radical (unpaired) electrons. The van der Waals surface area contributed by atoms with Crippen LogP contribution in [0.5, 0.6) is 0 Å². The Morgan fingerprint density at radius 2 is 1.88 bits per heavy atom. The molecule has 1 aliphatic heterocycles. The van der Waals surface area contributed by atoms with E-state index in [4.69, 9.17) is 0 Å². The number of Topliss-reactive ketones (excluding diaryl/α,β-unsaturated/α-hetero) is 1. The number of nitro benzene ring substituents is 1. The Labute approximate surface area is 190 Å². The summed E-state index contributed by atoms with van der Waals surface area (Å²) in [7, 11) is 0. The van der Waals surface area contributed by atoms with E-state index in [9.17, 15) is 24.8 Å². The van der Waals surface area contributed by atoms with Crippen molar-refractivity contribution in [3.63, 3.8) is 0 Å². The highest BCUT2D eigenvalue weighted by Crippen LogP contribution is 2.40. The summed E-state index contributed by atoms with van der Waals surface area (Å²) in [5, 5.41) is 22.5. The molecule has 0 unspecified atom stereocenters. The van der Waals surface area contributed by atoms with Crippen LogP contribution in [0.2, 0.25) is 0 Å². The smallest absolute Gasteiger partial charge is 0.290 e. The number of hydrogen-bond acceptors (Lipinski definition) is 8. The number of rotatable bonds is 9. The minimum atomic E-state index is -0.840. The van der Waals surface area contributed by atoms with Gasteiger partial charge in [-0.05, 0) is 44.6 Å². The van der Waals surface area contributed by atoms with E-state index in [1.165, 1.54) is 40.5 Å². The number of thiazole rings is 1. The lowest BCUT2D eigenvalue weighted by atomic mass is 9.95. The van der Waals surface area contributed by atoms with Gasteiger partial charge in [0.05, 0.1) is 32.1 Å². The van der Waals surface area contributed by atoms with E-state index in [0.717, 1.165) is 13.1 Å². The number of nitro groups is 1. The van der Waals surface area contributed by atoms with Crippen LogP contribution in [0, 0.1) is 24.0 Å². The molecule has 1 aliphatic rings. The van der Waals surface area contributed by atoms with Crippen LogP contribution in [0.3, 0.4) is 0 Å². The van der Waals surface area contributed by atoms with Crippen LogP contribution >= 0.6 is 11.3 Å². The number of carbonyl (C=O) groups is 2. The van der Waals surface area contributed by atoms with E-state index in [0.29, 0.717) is 34.2 Å². The number of likely N-dealkylation sites (N-methyl/N-ethyl adjacent to an activating group) is 1. The molecule has 2 heterocycles. The third-order valence-corrected chi connectivity index (χ3v) is 6.70. The zero-order valence-electron chi connectivity index (χ0n) is 18.5. The highest BCUT2D eigenvalue weighted by atomic mass is 32.1. The number of carbonyl (C=O) groups excluding carboxylic acids is 2. The zero-order chi connectivity index (χ0) is 23.6. The van der Waals surface area contributed by atoms with Crippen LogP contribution in [0.4, 0.5) is 5.69 Å². The van der Waals surface area contributed by atoms with Gasteiger partial charge in [-0.25, -0.2) is 4.98 Å². The fourth-order valence-corrected chi connectivity index (χ4v) is 4.77. The van der Waals surface area contributed by atoms with E-state index in [2.05, 4.69) is 9.88 Å². The molecule has 10 heteroatoms. The van der Waals surface area contributed by atoms with Gasteiger partial charge in [0.15, 0.2) is 5.76 Å². The lowest BCUT2D eigenvalue weighted by Gasteiger charge is -2.29. The molecular weight excluding hydrogens is 432 g/mol. The van der Waals surface area contributed by atoms with E-state index < -0.39 is 28.4 Å². The van der Waals surface area contributed by atoms with Crippen LogP contribution in [0.25, 0.3) is 0 Å². The minimum Gasteiger partial charge on any atom is -0.503 e. The van der Waals surface area contributed by atoms with Crippen molar-refractivity contribution in [2.75, 3.05) is 26.2 Å². The molecule has 1 amide bonds. The quantitative estimate of drug-likeness (QED) is 0.347. The molecule has 170 valence electrons. The molecule has 0 fully saturated rings. The lowest BCUT2D eigenvalue weighted by molar-refractivity contribution is -0.384. The molecule has 0 aliphatic carbocycles. The number of nitrogens with zero attached hydrogens (tertiary/aromatic N) is 4. The van der Waals surface area contributed by atoms with Gasteiger partial charge in [0.2, 0.25) is 5.78 Å². The van der Waals surface area contributed by atoms with Gasteiger partial charge in [0.25, 0.3) is 11.6 Å². The van der Waals surface area contributed by atoms with E-state index in [1.807, 2.05) is 13.8 Å². The number of hydrogen-bond donors (Lipinski definition) is 1. The van der Waals surface area contributed by atoms with Crippen molar-refractivity contribution in [1.82, 2.24) is 14.8 Å². The molecule has 0 bridgehead atoms. The highest BCUT2D eigenvalue weighted by molar-refractivity contribution is 7.14. The third kappa shape index (κ3) is 4.42. The van der Waals surface area contributed by atoms with Crippen LogP contribution in [-0.2, 0) is 4.79 Å². The Morgan fingerprint density at radius 1 is 1.25 bits per heavy atom. The van der Waals surface area contributed by atoms with Crippen molar-refractivity contribution in [1.29, 1.82) is 0 Å². The number of aliphatic hydroxyl groups excluding tert-OH is 1. The fourth-order valence-electron chi connectivity index (χ4n) is 3.89. The lowest BCUT2D eigenvalue weighted by Crippen LogP contribution is -2.38. The molecule has 32 heavy (non-hydrogen) atoms. The van der Waals surface area contributed by atoms with Crippen molar-refractivity contribution >= 4 is 28.7 Å². The number of non-ortho nitro benzene ring substituents is 1. The molecule has 1 N–H and O–H groups in total. The summed E-state index contributed by atoms with van der Waals surface area (Å²) >= 11 is 1.21. The van der Waals surface area contributed by atoms with E-state index >= 15 is 0 Å². The van der Waals surface area contributed by atoms with Gasteiger partial charge >= 0.3 is 0 Å². The maximum Gasteiger partial charge on any atom is 0.290 e. The standard InChI is InChI=1S/C22H26N4O5S/c1-5-24(6-2)11-12-25-18(15-7-9-16(10-8-15)26(30)31)17(20(28)22(25)29)19(27)21-13(3)23-14(4)32-21/h7-10,18,28H,5-6,11-12H2,1-4H3/t18-/m0/s1. The van der Waals surface area contributed by atoms with E-state index in [1.54, 1.807) is 13.8 Å². The first-order valence-corrected chi connectivity index (χ1v) is 11.2. The van der Waals surface area contributed by atoms with Gasteiger partial charge < -0.3 is 14.9 Å². The average molecular weight is 459 g/mol. The summed E-state index contributed by atoms with van der Waals surface area (Å²) < 4.78 is 0. The van der Waals surface area contributed by atoms with Crippen LogP contribution in [0.15, 0.2) is 35.6 Å². The maximum atomic E-state index is 13.4. The number of aryl methyl sites for hydroxylation is 2. The molecule has 1 aromatic carbocycles. The van der Waals surface area contributed by atoms with Crippen molar-refractivity contribution < 1.29 is 19.6 Å². The van der Waals surface area contributed by atoms with Crippen molar-refractivity contribution in [2.45, 2.75) is 33.7 Å². The Hall–Kier alpha value is -3.11. The van der Waals surface area contributed by atoms with Gasteiger partial charge in [-0.15, -0.1) is 11.3 Å². The van der Waals surface area contributed by atoms with Gasteiger partial charge in [-0.1, -0.05) is 13.8 Å². The summed E-state index contributed by atoms with van der Waals surface area (Å²) in [6.45, 7) is 9.98. The molecule has 0 saturated heterocycles. The van der Waals surface area contributed by atoms with Crippen LogP contribution in [-0.4, -0.2) is 62.7 Å². The molecule has 1 aromatic heterocycles. The predicted octanol–water partition coefficient (Wildman–Crippen LogP) is 3.59. The second kappa shape index (κ2) is 9.58. The third-order valence-electron chi connectivity index (χ3n) is 5.63. The summed E-state index contributed by atoms with van der Waals surface area (Å²) in [4.78, 5) is 45.3.